The molecule has 1 N–H and O–H groups in total. The van der Waals surface area contributed by atoms with E-state index >= 15 is 0 Å². The minimum atomic E-state index is -0.101. The van der Waals surface area contributed by atoms with E-state index in [9.17, 15) is 9.59 Å². The molecule has 0 radical (unpaired) electrons. The SMILES string of the molecule is CCNC(=O)c1ccc(C(C)=O)c(C)c1. The largest absolute Gasteiger partial charge is 0.352 e. The Morgan fingerprint density at radius 2 is 2.00 bits per heavy atom. The van der Waals surface area contributed by atoms with Crippen LogP contribution >= 0.6 is 0 Å². The predicted molar refractivity (Wildman–Crippen MR) is 59.2 cm³/mol. The van der Waals surface area contributed by atoms with Crippen LogP contribution < -0.4 is 5.32 Å². The normalized spacial score (nSPS) is 9.80. The molecule has 0 aliphatic rings. The third kappa shape index (κ3) is 2.65. The summed E-state index contributed by atoms with van der Waals surface area (Å²) < 4.78 is 0. The third-order valence-electron chi connectivity index (χ3n) is 2.21. The molecule has 0 aliphatic carbocycles. The Hall–Kier alpha value is -1.64. The van der Waals surface area contributed by atoms with Crippen LogP contribution in [-0.4, -0.2) is 18.2 Å². The number of carbonyl (C=O) groups is 2. The van der Waals surface area contributed by atoms with Crippen LogP contribution in [0.3, 0.4) is 0 Å². The number of hydrogen-bond donors (Lipinski definition) is 1. The van der Waals surface area contributed by atoms with E-state index < -0.39 is 0 Å². The standard InChI is InChI=1S/C12H15NO2/c1-4-13-12(15)10-5-6-11(9(3)14)8(2)7-10/h5-7H,4H2,1-3H3,(H,13,15). The second-order valence-electron chi connectivity index (χ2n) is 3.45. The van der Waals surface area contributed by atoms with Crippen LogP contribution in [-0.2, 0) is 0 Å². The average molecular weight is 205 g/mol. The smallest absolute Gasteiger partial charge is 0.251 e. The van der Waals surface area contributed by atoms with Crippen molar-refractivity contribution in [2.75, 3.05) is 6.54 Å². The van der Waals surface area contributed by atoms with E-state index in [0.717, 1.165) is 5.56 Å². The quantitative estimate of drug-likeness (QED) is 0.766. The zero-order chi connectivity index (χ0) is 11.4. The van der Waals surface area contributed by atoms with Crippen molar-refractivity contribution in [3.8, 4) is 0 Å². The van der Waals surface area contributed by atoms with E-state index in [1.807, 2.05) is 13.8 Å². The molecule has 1 aromatic rings. The monoisotopic (exact) mass is 205 g/mol. The van der Waals surface area contributed by atoms with Crippen molar-refractivity contribution in [3.05, 3.63) is 34.9 Å². The molecule has 80 valence electrons. The van der Waals surface area contributed by atoms with Crippen LogP contribution in [0.15, 0.2) is 18.2 Å². The van der Waals surface area contributed by atoms with Gasteiger partial charge in [0.25, 0.3) is 5.91 Å². The van der Waals surface area contributed by atoms with Crippen molar-refractivity contribution >= 4 is 11.7 Å². The van der Waals surface area contributed by atoms with Gasteiger partial charge in [-0.1, -0.05) is 6.07 Å². The molecule has 0 spiro atoms. The van der Waals surface area contributed by atoms with Gasteiger partial charge in [0, 0.05) is 17.7 Å². The summed E-state index contributed by atoms with van der Waals surface area (Å²) in [6, 6.07) is 5.11. The summed E-state index contributed by atoms with van der Waals surface area (Å²) in [4.78, 5) is 22.7. The molecular formula is C12H15NO2. The van der Waals surface area contributed by atoms with Crippen LogP contribution in [0.25, 0.3) is 0 Å². The fourth-order valence-corrected chi connectivity index (χ4v) is 1.46. The van der Waals surface area contributed by atoms with Crippen LogP contribution in [0, 0.1) is 6.92 Å². The van der Waals surface area contributed by atoms with E-state index in [4.69, 9.17) is 0 Å². The van der Waals surface area contributed by atoms with Gasteiger partial charge in [-0.15, -0.1) is 0 Å². The highest BCUT2D eigenvalue weighted by molar-refractivity contribution is 5.98. The highest BCUT2D eigenvalue weighted by Crippen LogP contribution is 2.11. The molecule has 0 saturated heterocycles. The number of Topliss-reactive ketones (excluding diaryl/α,β-unsaturated/α-hetero) is 1. The Kier molecular flexibility index (Phi) is 3.61. The summed E-state index contributed by atoms with van der Waals surface area (Å²) >= 11 is 0. The van der Waals surface area contributed by atoms with Gasteiger partial charge in [-0.3, -0.25) is 9.59 Å². The number of ketones is 1. The number of carbonyl (C=O) groups excluding carboxylic acids is 2. The van der Waals surface area contributed by atoms with Crippen LogP contribution in [0.5, 0.6) is 0 Å². The lowest BCUT2D eigenvalue weighted by atomic mass is 10.0. The van der Waals surface area contributed by atoms with Gasteiger partial charge in [-0.05, 0) is 38.5 Å². The summed E-state index contributed by atoms with van der Waals surface area (Å²) in [5.74, 6) is -0.0781. The summed E-state index contributed by atoms with van der Waals surface area (Å²) in [7, 11) is 0. The first-order valence-electron chi connectivity index (χ1n) is 4.96. The maximum atomic E-state index is 11.5. The molecule has 0 saturated carbocycles. The Bertz CT molecular complexity index is 397. The lowest BCUT2D eigenvalue weighted by Gasteiger charge is -2.05. The van der Waals surface area contributed by atoms with E-state index in [1.54, 1.807) is 18.2 Å². The van der Waals surface area contributed by atoms with E-state index in [1.165, 1.54) is 6.92 Å². The first kappa shape index (κ1) is 11.4. The van der Waals surface area contributed by atoms with Crippen molar-refractivity contribution in [2.24, 2.45) is 0 Å². The van der Waals surface area contributed by atoms with Crippen molar-refractivity contribution < 1.29 is 9.59 Å². The van der Waals surface area contributed by atoms with Gasteiger partial charge in [0.15, 0.2) is 5.78 Å². The van der Waals surface area contributed by atoms with Gasteiger partial charge < -0.3 is 5.32 Å². The Morgan fingerprint density at radius 1 is 1.33 bits per heavy atom. The molecule has 1 aromatic carbocycles. The van der Waals surface area contributed by atoms with Crippen LogP contribution in [0.1, 0.15) is 40.1 Å². The highest BCUT2D eigenvalue weighted by Gasteiger charge is 2.08. The third-order valence-corrected chi connectivity index (χ3v) is 2.21. The zero-order valence-corrected chi connectivity index (χ0v) is 9.26. The number of amides is 1. The fourth-order valence-electron chi connectivity index (χ4n) is 1.46. The number of rotatable bonds is 3. The van der Waals surface area contributed by atoms with E-state index in [-0.39, 0.29) is 11.7 Å². The summed E-state index contributed by atoms with van der Waals surface area (Å²) in [6.45, 7) is 5.83. The number of hydrogen-bond acceptors (Lipinski definition) is 2. The van der Waals surface area contributed by atoms with Gasteiger partial charge in [0.1, 0.15) is 0 Å². The lowest BCUT2D eigenvalue weighted by Crippen LogP contribution is -2.22. The first-order chi connectivity index (χ1) is 7.06. The van der Waals surface area contributed by atoms with Gasteiger partial charge in [0.05, 0.1) is 0 Å². The summed E-state index contributed by atoms with van der Waals surface area (Å²) in [6.07, 6.45) is 0. The van der Waals surface area contributed by atoms with Crippen molar-refractivity contribution in [3.63, 3.8) is 0 Å². The maximum absolute atomic E-state index is 11.5. The molecule has 3 heteroatoms. The molecule has 15 heavy (non-hydrogen) atoms. The Labute approximate surface area is 89.5 Å². The number of aryl methyl sites for hydroxylation is 1. The maximum Gasteiger partial charge on any atom is 0.251 e. The van der Waals surface area contributed by atoms with Crippen LogP contribution in [0.2, 0.25) is 0 Å². The van der Waals surface area contributed by atoms with Crippen molar-refractivity contribution in [1.82, 2.24) is 5.32 Å². The van der Waals surface area contributed by atoms with Gasteiger partial charge in [-0.25, -0.2) is 0 Å². The fraction of sp³-hybridized carbons (Fsp3) is 0.333. The minimum absolute atomic E-state index is 0.0231. The molecule has 0 unspecified atom stereocenters. The first-order valence-corrected chi connectivity index (χ1v) is 4.96. The molecule has 3 nitrogen and oxygen atoms in total. The predicted octanol–water partition coefficient (Wildman–Crippen LogP) is 1.95. The van der Waals surface area contributed by atoms with Gasteiger partial charge in [-0.2, -0.15) is 0 Å². The van der Waals surface area contributed by atoms with Crippen LogP contribution in [0.4, 0.5) is 0 Å². The zero-order valence-electron chi connectivity index (χ0n) is 9.26. The minimum Gasteiger partial charge on any atom is -0.352 e. The van der Waals surface area contributed by atoms with E-state index in [0.29, 0.717) is 17.7 Å². The van der Waals surface area contributed by atoms with Gasteiger partial charge >= 0.3 is 0 Å². The molecule has 0 aromatic heterocycles. The van der Waals surface area contributed by atoms with Crippen molar-refractivity contribution in [2.45, 2.75) is 20.8 Å². The van der Waals surface area contributed by atoms with Crippen molar-refractivity contribution in [1.29, 1.82) is 0 Å². The number of nitrogens with one attached hydrogen (secondary N) is 1. The van der Waals surface area contributed by atoms with E-state index in [2.05, 4.69) is 5.32 Å². The Morgan fingerprint density at radius 3 is 2.47 bits per heavy atom. The second-order valence-corrected chi connectivity index (χ2v) is 3.45. The molecule has 0 atom stereocenters. The molecule has 1 rings (SSSR count). The molecule has 1 amide bonds. The molecule has 0 fully saturated rings. The molecule has 0 aliphatic heterocycles. The number of benzene rings is 1. The summed E-state index contributed by atoms with van der Waals surface area (Å²) in [5.41, 5.74) is 2.11. The average Bonchev–Trinajstić information content (AvgIpc) is 2.17. The molecule has 0 heterocycles. The highest BCUT2D eigenvalue weighted by atomic mass is 16.1. The molecular weight excluding hydrogens is 190 g/mol. The lowest BCUT2D eigenvalue weighted by molar-refractivity contribution is 0.0953. The second kappa shape index (κ2) is 4.73. The topological polar surface area (TPSA) is 46.2 Å². The molecule has 0 bridgehead atoms. The Balaban J connectivity index is 3.01. The summed E-state index contributed by atoms with van der Waals surface area (Å²) in [5, 5.41) is 2.71. The van der Waals surface area contributed by atoms with Gasteiger partial charge in [0.2, 0.25) is 0 Å².